The van der Waals surface area contributed by atoms with E-state index in [1.807, 2.05) is 66.7 Å². The van der Waals surface area contributed by atoms with Gasteiger partial charge in [-0.2, -0.15) is 0 Å². The minimum atomic E-state index is -0.145. The van der Waals surface area contributed by atoms with Gasteiger partial charge in [-0.25, -0.2) is 0 Å². The summed E-state index contributed by atoms with van der Waals surface area (Å²) >= 11 is 0. The van der Waals surface area contributed by atoms with E-state index in [9.17, 15) is 9.59 Å². The molecule has 0 unspecified atom stereocenters. The highest BCUT2D eigenvalue weighted by Crippen LogP contribution is 2.32. The lowest BCUT2D eigenvalue weighted by Gasteiger charge is -2.38. The van der Waals surface area contributed by atoms with E-state index in [1.165, 1.54) is 0 Å². The van der Waals surface area contributed by atoms with Gasteiger partial charge in [-0.3, -0.25) is 9.59 Å². The molecular formula is C31H36N4O3. The number of benzene rings is 3. The van der Waals surface area contributed by atoms with Gasteiger partial charge in [-0.05, 0) is 48.7 Å². The third kappa shape index (κ3) is 5.93. The highest BCUT2D eigenvalue weighted by molar-refractivity contribution is 6.02. The third-order valence-electron chi connectivity index (χ3n) is 7.58. The number of rotatable bonds is 8. The first-order valence-electron chi connectivity index (χ1n) is 13.5. The summed E-state index contributed by atoms with van der Waals surface area (Å²) in [5.41, 5.74) is 4.26. The van der Waals surface area contributed by atoms with Crippen LogP contribution in [0, 0.1) is 5.92 Å². The van der Waals surface area contributed by atoms with Crippen LogP contribution in [0.2, 0.25) is 0 Å². The van der Waals surface area contributed by atoms with Gasteiger partial charge in [0.2, 0.25) is 5.91 Å². The summed E-state index contributed by atoms with van der Waals surface area (Å²) in [6.45, 7) is 3.60. The molecule has 2 aliphatic rings. The Kier molecular flexibility index (Phi) is 8.12. The molecule has 0 radical (unpaired) electrons. The Morgan fingerprint density at radius 2 is 1.50 bits per heavy atom. The molecule has 38 heavy (non-hydrogen) atoms. The van der Waals surface area contributed by atoms with Gasteiger partial charge in [0, 0.05) is 50.0 Å². The molecule has 5 rings (SSSR count). The minimum absolute atomic E-state index is 0.0521. The molecule has 0 spiro atoms. The first-order valence-corrected chi connectivity index (χ1v) is 13.5. The molecule has 2 fully saturated rings. The monoisotopic (exact) mass is 512 g/mol. The van der Waals surface area contributed by atoms with Crippen molar-refractivity contribution in [3.63, 3.8) is 0 Å². The molecular weight excluding hydrogens is 476 g/mol. The maximum absolute atomic E-state index is 13.5. The van der Waals surface area contributed by atoms with Crippen LogP contribution in [0.5, 0.6) is 5.75 Å². The van der Waals surface area contributed by atoms with Crippen molar-refractivity contribution in [2.24, 2.45) is 5.92 Å². The molecule has 1 heterocycles. The summed E-state index contributed by atoms with van der Waals surface area (Å²) in [6, 6.07) is 23.7. The van der Waals surface area contributed by atoms with Crippen molar-refractivity contribution in [3.05, 3.63) is 83.9 Å². The lowest BCUT2D eigenvalue weighted by atomic mass is 10.1. The minimum Gasteiger partial charge on any atom is -0.495 e. The summed E-state index contributed by atoms with van der Waals surface area (Å²) in [5.74, 6) is 0.835. The Morgan fingerprint density at radius 3 is 2.21 bits per heavy atom. The normalized spacial score (nSPS) is 15.8. The standard InChI is InChI=1S/C31H36N4O3/c1-38-29-14-8-7-13-28(29)35-19-17-34(18-20-35)27-16-15-25(33-30(36)24-11-5-6-12-24)21-26(27)31(37)32-22-23-9-3-2-4-10-23/h2-4,7-10,13-16,21,24H,5-6,11-12,17-20,22H2,1H3,(H,32,37)(H,33,36). The van der Waals surface area contributed by atoms with Crippen molar-refractivity contribution in [1.29, 1.82) is 0 Å². The zero-order valence-electron chi connectivity index (χ0n) is 22.0. The predicted octanol–water partition coefficient (Wildman–Crippen LogP) is 5.08. The van der Waals surface area contributed by atoms with E-state index >= 15 is 0 Å². The summed E-state index contributed by atoms with van der Waals surface area (Å²) in [6.07, 6.45) is 4.08. The van der Waals surface area contributed by atoms with E-state index in [0.29, 0.717) is 17.8 Å². The van der Waals surface area contributed by atoms with Crippen molar-refractivity contribution in [2.75, 3.05) is 48.4 Å². The van der Waals surface area contributed by atoms with E-state index < -0.39 is 0 Å². The van der Waals surface area contributed by atoms with Crippen LogP contribution in [-0.2, 0) is 11.3 Å². The first kappa shape index (κ1) is 25.6. The maximum atomic E-state index is 13.5. The number of nitrogens with zero attached hydrogens (tertiary/aromatic N) is 2. The average molecular weight is 513 g/mol. The number of carbonyl (C=O) groups is 2. The molecule has 3 aromatic rings. The summed E-state index contributed by atoms with van der Waals surface area (Å²) in [4.78, 5) is 30.8. The van der Waals surface area contributed by atoms with Crippen molar-refractivity contribution in [1.82, 2.24) is 5.32 Å². The smallest absolute Gasteiger partial charge is 0.253 e. The van der Waals surface area contributed by atoms with Gasteiger partial charge >= 0.3 is 0 Å². The summed E-state index contributed by atoms with van der Waals surface area (Å²) in [7, 11) is 1.70. The molecule has 1 aliphatic heterocycles. The largest absolute Gasteiger partial charge is 0.495 e. The van der Waals surface area contributed by atoms with E-state index in [4.69, 9.17) is 4.74 Å². The number of piperazine rings is 1. The highest BCUT2D eigenvalue weighted by Gasteiger charge is 2.25. The van der Waals surface area contributed by atoms with Crippen molar-refractivity contribution < 1.29 is 14.3 Å². The second-order valence-electron chi connectivity index (χ2n) is 10.0. The van der Waals surface area contributed by atoms with Gasteiger partial charge < -0.3 is 25.2 Å². The zero-order valence-corrected chi connectivity index (χ0v) is 22.0. The Labute approximate surface area is 224 Å². The van der Waals surface area contributed by atoms with Crippen molar-refractivity contribution in [2.45, 2.75) is 32.2 Å². The van der Waals surface area contributed by atoms with Gasteiger partial charge in [0.15, 0.2) is 0 Å². The fraction of sp³-hybridized carbons (Fsp3) is 0.355. The fourth-order valence-corrected chi connectivity index (χ4v) is 5.46. The quantitative estimate of drug-likeness (QED) is 0.440. The summed E-state index contributed by atoms with van der Waals surface area (Å²) < 4.78 is 5.56. The van der Waals surface area contributed by atoms with Crippen LogP contribution >= 0.6 is 0 Å². The molecule has 0 atom stereocenters. The number of methoxy groups -OCH3 is 1. The first-order chi connectivity index (χ1) is 18.6. The Morgan fingerprint density at radius 1 is 0.842 bits per heavy atom. The maximum Gasteiger partial charge on any atom is 0.253 e. The van der Waals surface area contributed by atoms with Crippen LogP contribution < -0.4 is 25.2 Å². The highest BCUT2D eigenvalue weighted by atomic mass is 16.5. The Hall–Kier alpha value is -4.00. The van der Waals surface area contributed by atoms with Gasteiger partial charge in [-0.15, -0.1) is 0 Å². The molecule has 2 amide bonds. The van der Waals surface area contributed by atoms with E-state index in [-0.39, 0.29) is 17.7 Å². The van der Waals surface area contributed by atoms with Crippen LogP contribution in [0.3, 0.4) is 0 Å². The zero-order chi connectivity index (χ0) is 26.3. The molecule has 7 nitrogen and oxygen atoms in total. The number of ether oxygens (including phenoxy) is 1. The number of carbonyl (C=O) groups excluding carboxylic acids is 2. The Bertz CT molecular complexity index is 1250. The molecule has 0 aromatic heterocycles. The lowest BCUT2D eigenvalue weighted by molar-refractivity contribution is -0.119. The number of nitrogens with one attached hydrogen (secondary N) is 2. The molecule has 0 bridgehead atoms. The van der Waals surface area contributed by atoms with Gasteiger partial charge in [0.25, 0.3) is 5.91 Å². The molecule has 7 heteroatoms. The molecule has 1 saturated carbocycles. The molecule has 1 saturated heterocycles. The van der Waals surface area contributed by atoms with Gasteiger partial charge in [0.05, 0.1) is 18.4 Å². The molecule has 3 aromatic carbocycles. The van der Waals surface area contributed by atoms with Gasteiger partial charge in [0.1, 0.15) is 5.75 Å². The van der Waals surface area contributed by atoms with Gasteiger partial charge in [-0.1, -0.05) is 55.3 Å². The SMILES string of the molecule is COc1ccccc1N1CCN(c2ccc(NC(=O)C3CCCC3)cc2C(=O)NCc2ccccc2)CC1. The van der Waals surface area contributed by atoms with Crippen LogP contribution in [0.4, 0.5) is 17.1 Å². The average Bonchev–Trinajstić information content (AvgIpc) is 3.52. The second kappa shape index (κ2) is 12.0. The molecule has 1 aliphatic carbocycles. The van der Waals surface area contributed by atoms with Crippen LogP contribution in [-0.4, -0.2) is 45.1 Å². The number of hydrogen-bond donors (Lipinski definition) is 2. The summed E-state index contributed by atoms with van der Waals surface area (Å²) in [5, 5.41) is 6.14. The Balaban J connectivity index is 1.34. The van der Waals surface area contributed by atoms with Crippen molar-refractivity contribution >= 4 is 28.9 Å². The predicted molar refractivity (Wildman–Crippen MR) is 152 cm³/mol. The van der Waals surface area contributed by atoms with E-state index in [2.05, 4.69) is 26.5 Å². The lowest BCUT2D eigenvalue weighted by Crippen LogP contribution is -2.47. The topological polar surface area (TPSA) is 73.9 Å². The third-order valence-corrected chi connectivity index (χ3v) is 7.58. The molecule has 198 valence electrons. The van der Waals surface area contributed by atoms with E-state index in [0.717, 1.165) is 74.6 Å². The molecule has 2 N–H and O–H groups in total. The van der Waals surface area contributed by atoms with Crippen LogP contribution in [0.1, 0.15) is 41.6 Å². The van der Waals surface area contributed by atoms with Crippen LogP contribution in [0.15, 0.2) is 72.8 Å². The number of hydrogen-bond acceptors (Lipinski definition) is 5. The number of para-hydroxylation sites is 2. The number of amides is 2. The van der Waals surface area contributed by atoms with Crippen molar-refractivity contribution in [3.8, 4) is 5.75 Å². The van der Waals surface area contributed by atoms with E-state index in [1.54, 1.807) is 7.11 Å². The number of anilines is 3. The van der Waals surface area contributed by atoms with Crippen LogP contribution in [0.25, 0.3) is 0 Å². The fourth-order valence-electron chi connectivity index (χ4n) is 5.46. The second-order valence-corrected chi connectivity index (χ2v) is 10.0.